The Hall–Kier alpha value is -1.85. The van der Waals surface area contributed by atoms with Crippen LogP contribution in [0.1, 0.15) is 31.4 Å². The summed E-state index contributed by atoms with van der Waals surface area (Å²) in [7, 11) is 1.66. The Balaban J connectivity index is 2.66. The van der Waals surface area contributed by atoms with E-state index in [1.54, 1.807) is 27.8 Å². The highest BCUT2D eigenvalue weighted by molar-refractivity contribution is 5.84. The Bertz CT molecular complexity index is 404. The fourth-order valence-electron chi connectivity index (χ4n) is 1.06. The Morgan fingerprint density at radius 2 is 2.19 bits per heavy atom. The van der Waals surface area contributed by atoms with E-state index in [9.17, 15) is 9.59 Å². The molecule has 0 saturated carbocycles. The van der Waals surface area contributed by atoms with Crippen LogP contribution in [0.2, 0.25) is 0 Å². The average Bonchev–Trinajstić information content (AvgIpc) is 2.42. The second-order valence-corrected chi connectivity index (χ2v) is 4.34. The lowest BCUT2D eigenvalue weighted by molar-refractivity contribution is 0.0635. The van der Waals surface area contributed by atoms with E-state index in [1.165, 1.54) is 10.8 Å². The second kappa shape index (κ2) is 4.34. The molecule has 1 aromatic heterocycles. The number of ether oxygens (including phenoxy) is 1. The van der Waals surface area contributed by atoms with Crippen LogP contribution in [0.4, 0.5) is 10.6 Å². The standard InChI is InChI=1S/C10H15N3O3/c1-10(2,3)16-9(15)12-7-5-13(4)8(6-14)11-7/h5-6H,1-4H3,(H,12,15). The lowest BCUT2D eigenvalue weighted by atomic mass is 10.2. The minimum atomic E-state index is -0.594. The normalized spacial score (nSPS) is 11.0. The summed E-state index contributed by atoms with van der Waals surface area (Å²) in [6, 6.07) is 0. The molecule has 88 valence electrons. The van der Waals surface area contributed by atoms with Gasteiger partial charge in [0.15, 0.2) is 17.9 Å². The van der Waals surface area contributed by atoms with E-state index in [-0.39, 0.29) is 5.82 Å². The fourth-order valence-corrected chi connectivity index (χ4v) is 1.06. The van der Waals surface area contributed by atoms with Crippen molar-refractivity contribution >= 4 is 18.2 Å². The maximum atomic E-state index is 11.4. The van der Waals surface area contributed by atoms with Gasteiger partial charge in [-0.15, -0.1) is 0 Å². The van der Waals surface area contributed by atoms with Crippen molar-refractivity contribution in [2.45, 2.75) is 26.4 Å². The van der Waals surface area contributed by atoms with E-state index in [0.717, 1.165) is 0 Å². The van der Waals surface area contributed by atoms with Crippen LogP contribution in [0.3, 0.4) is 0 Å². The maximum absolute atomic E-state index is 11.4. The zero-order valence-electron chi connectivity index (χ0n) is 9.77. The number of carbonyl (C=O) groups is 2. The summed E-state index contributed by atoms with van der Waals surface area (Å²) in [6.45, 7) is 5.30. The zero-order chi connectivity index (χ0) is 12.3. The molecule has 0 aliphatic rings. The van der Waals surface area contributed by atoms with Gasteiger partial charge in [0.2, 0.25) is 0 Å². The number of anilines is 1. The van der Waals surface area contributed by atoms with Gasteiger partial charge in [-0.1, -0.05) is 0 Å². The lowest BCUT2D eigenvalue weighted by Crippen LogP contribution is -2.27. The first-order valence-electron chi connectivity index (χ1n) is 4.80. The molecule has 0 radical (unpaired) electrons. The van der Waals surface area contributed by atoms with Gasteiger partial charge in [-0.05, 0) is 20.8 Å². The molecule has 0 spiro atoms. The molecular weight excluding hydrogens is 210 g/mol. The summed E-state index contributed by atoms with van der Waals surface area (Å²) in [5.41, 5.74) is -0.563. The van der Waals surface area contributed by atoms with Crippen molar-refractivity contribution < 1.29 is 14.3 Å². The van der Waals surface area contributed by atoms with Crippen molar-refractivity contribution in [2.24, 2.45) is 7.05 Å². The largest absolute Gasteiger partial charge is 0.444 e. The molecule has 0 unspecified atom stereocenters. The second-order valence-electron chi connectivity index (χ2n) is 4.34. The summed E-state index contributed by atoms with van der Waals surface area (Å²) in [4.78, 5) is 25.8. The third kappa shape index (κ3) is 3.38. The van der Waals surface area contributed by atoms with Gasteiger partial charge in [0.05, 0.1) is 0 Å². The van der Waals surface area contributed by atoms with Crippen molar-refractivity contribution in [1.29, 1.82) is 0 Å². The van der Waals surface area contributed by atoms with Crippen LogP contribution in [0.15, 0.2) is 6.20 Å². The molecule has 0 saturated heterocycles. The van der Waals surface area contributed by atoms with Gasteiger partial charge >= 0.3 is 6.09 Å². The maximum Gasteiger partial charge on any atom is 0.413 e. The van der Waals surface area contributed by atoms with E-state index in [4.69, 9.17) is 4.74 Å². The highest BCUT2D eigenvalue weighted by Crippen LogP contribution is 2.10. The van der Waals surface area contributed by atoms with Crippen LogP contribution >= 0.6 is 0 Å². The average molecular weight is 225 g/mol. The number of nitrogens with zero attached hydrogens (tertiary/aromatic N) is 2. The zero-order valence-corrected chi connectivity index (χ0v) is 9.77. The molecular formula is C10H15N3O3. The first-order valence-corrected chi connectivity index (χ1v) is 4.80. The van der Waals surface area contributed by atoms with Crippen molar-refractivity contribution in [3.8, 4) is 0 Å². The summed E-state index contributed by atoms with van der Waals surface area (Å²) < 4.78 is 6.55. The first kappa shape index (κ1) is 12.2. The van der Waals surface area contributed by atoms with E-state index in [2.05, 4.69) is 10.3 Å². The number of nitrogens with one attached hydrogen (secondary N) is 1. The number of hydrogen-bond acceptors (Lipinski definition) is 4. The van der Waals surface area contributed by atoms with Gasteiger partial charge in [-0.2, -0.15) is 0 Å². The predicted octanol–water partition coefficient (Wildman–Crippen LogP) is 1.58. The summed E-state index contributed by atoms with van der Waals surface area (Å²) >= 11 is 0. The van der Waals surface area contributed by atoms with Crippen molar-refractivity contribution in [3.05, 3.63) is 12.0 Å². The molecule has 6 nitrogen and oxygen atoms in total. The Kier molecular flexibility index (Phi) is 3.31. The third-order valence-corrected chi connectivity index (χ3v) is 1.65. The van der Waals surface area contributed by atoms with Gasteiger partial charge in [0.25, 0.3) is 0 Å². The van der Waals surface area contributed by atoms with Crippen LogP contribution in [0, 0.1) is 0 Å². The quantitative estimate of drug-likeness (QED) is 0.775. The highest BCUT2D eigenvalue weighted by atomic mass is 16.6. The molecule has 0 aromatic carbocycles. The predicted molar refractivity (Wildman–Crippen MR) is 58.5 cm³/mol. The van der Waals surface area contributed by atoms with Crippen LogP contribution in [0.25, 0.3) is 0 Å². The number of aryl methyl sites for hydroxylation is 1. The Morgan fingerprint density at radius 3 is 2.62 bits per heavy atom. The number of rotatable bonds is 2. The van der Waals surface area contributed by atoms with Crippen LogP contribution in [0.5, 0.6) is 0 Å². The Morgan fingerprint density at radius 1 is 1.56 bits per heavy atom. The van der Waals surface area contributed by atoms with E-state index >= 15 is 0 Å². The molecule has 0 atom stereocenters. The minimum absolute atomic E-state index is 0.242. The summed E-state index contributed by atoms with van der Waals surface area (Å²) in [5.74, 6) is 0.532. The van der Waals surface area contributed by atoms with Crippen LogP contribution in [-0.4, -0.2) is 27.5 Å². The molecule has 1 aromatic rings. The van der Waals surface area contributed by atoms with E-state index in [1.807, 2.05) is 0 Å². The van der Waals surface area contributed by atoms with Gasteiger partial charge in [-0.3, -0.25) is 10.1 Å². The van der Waals surface area contributed by atoms with Crippen LogP contribution < -0.4 is 5.32 Å². The van der Waals surface area contributed by atoms with E-state index < -0.39 is 11.7 Å². The van der Waals surface area contributed by atoms with Crippen LogP contribution in [-0.2, 0) is 11.8 Å². The van der Waals surface area contributed by atoms with Gasteiger partial charge in [0, 0.05) is 13.2 Å². The summed E-state index contributed by atoms with van der Waals surface area (Å²) in [6.07, 6.45) is 1.55. The fraction of sp³-hybridized carbons (Fsp3) is 0.500. The molecule has 1 amide bonds. The van der Waals surface area contributed by atoms with Crippen molar-refractivity contribution in [2.75, 3.05) is 5.32 Å². The molecule has 1 heterocycles. The third-order valence-electron chi connectivity index (χ3n) is 1.65. The van der Waals surface area contributed by atoms with Crippen molar-refractivity contribution in [1.82, 2.24) is 9.55 Å². The SMILES string of the molecule is Cn1cc(NC(=O)OC(C)(C)C)nc1C=O. The topological polar surface area (TPSA) is 73.2 Å². The molecule has 16 heavy (non-hydrogen) atoms. The monoisotopic (exact) mass is 225 g/mol. The lowest BCUT2D eigenvalue weighted by Gasteiger charge is -2.18. The molecule has 1 N–H and O–H groups in total. The van der Waals surface area contributed by atoms with Gasteiger partial charge < -0.3 is 9.30 Å². The van der Waals surface area contributed by atoms with Gasteiger partial charge in [0.1, 0.15) is 5.60 Å². The molecule has 0 bridgehead atoms. The molecule has 0 fully saturated rings. The smallest absolute Gasteiger partial charge is 0.413 e. The number of imidazole rings is 1. The molecule has 1 rings (SSSR count). The first-order chi connectivity index (χ1) is 7.31. The number of aldehydes is 1. The van der Waals surface area contributed by atoms with Gasteiger partial charge in [-0.25, -0.2) is 9.78 Å². The number of carbonyl (C=O) groups excluding carboxylic acids is 2. The van der Waals surface area contributed by atoms with Crippen molar-refractivity contribution in [3.63, 3.8) is 0 Å². The molecule has 0 aliphatic carbocycles. The minimum Gasteiger partial charge on any atom is -0.444 e. The summed E-state index contributed by atoms with van der Waals surface area (Å²) in [5, 5.41) is 2.44. The number of amides is 1. The molecule has 0 aliphatic heterocycles. The highest BCUT2D eigenvalue weighted by Gasteiger charge is 2.17. The number of aromatic nitrogens is 2. The number of hydrogen-bond donors (Lipinski definition) is 1. The molecule has 6 heteroatoms. The Labute approximate surface area is 93.6 Å². The van der Waals surface area contributed by atoms with E-state index in [0.29, 0.717) is 12.1 Å².